The van der Waals surface area contributed by atoms with Crippen LogP contribution < -0.4 is 5.73 Å². The number of aromatic nitrogens is 2. The Morgan fingerprint density at radius 1 is 1.35 bits per heavy atom. The maximum Gasteiger partial charge on any atom is 0.130 e. The highest BCUT2D eigenvalue weighted by Crippen LogP contribution is 2.39. The third-order valence-corrected chi connectivity index (χ3v) is 3.37. The molecule has 0 radical (unpaired) electrons. The van der Waals surface area contributed by atoms with Gasteiger partial charge in [-0.15, -0.1) is 0 Å². The molecule has 1 atom stereocenters. The molecule has 2 rings (SSSR count). The van der Waals surface area contributed by atoms with Crippen molar-refractivity contribution in [3.05, 3.63) is 23.3 Å². The summed E-state index contributed by atoms with van der Waals surface area (Å²) in [6.07, 6.45) is 4.35. The van der Waals surface area contributed by atoms with Gasteiger partial charge in [-0.05, 0) is 31.2 Å². The lowest BCUT2D eigenvalue weighted by molar-refractivity contribution is 0.615. The van der Waals surface area contributed by atoms with Crippen LogP contribution in [0, 0.1) is 0 Å². The molecule has 2 N–H and O–H groups in total. The highest BCUT2D eigenvalue weighted by atomic mass is 14.9. The first kappa shape index (κ1) is 12.5. The van der Waals surface area contributed by atoms with Crippen molar-refractivity contribution in [1.82, 2.24) is 9.97 Å². The third kappa shape index (κ3) is 3.25. The van der Waals surface area contributed by atoms with E-state index in [4.69, 9.17) is 5.73 Å². The number of hydrogen-bond donors (Lipinski definition) is 1. The molecule has 0 saturated heterocycles. The van der Waals surface area contributed by atoms with E-state index in [0.29, 0.717) is 11.8 Å². The molecule has 0 aromatic carbocycles. The molecular formula is C14H23N3. The van der Waals surface area contributed by atoms with Crippen LogP contribution in [0.1, 0.15) is 69.1 Å². The van der Waals surface area contributed by atoms with E-state index in [9.17, 15) is 0 Å². The maximum atomic E-state index is 5.99. The topological polar surface area (TPSA) is 51.8 Å². The summed E-state index contributed by atoms with van der Waals surface area (Å²) in [6, 6.07) is 2.37. The van der Waals surface area contributed by atoms with Crippen molar-refractivity contribution >= 4 is 0 Å². The van der Waals surface area contributed by atoms with Crippen LogP contribution in [0.15, 0.2) is 6.07 Å². The predicted molar refractivity (Wildman–Crippen MR) is 70.1 cm³/mol. The molecule has 0 spiro atoms. The summed E-state index contributed by atoms with van der Waals surface area (Å²) in [5, 5.41) is 0. The monoisotopic (exact) mass is 233 g/mol. The Labute approximate surface area is 104 Å². The minimum absolute atomic E-state index is 0.185. The standard InChI is InChI=1S/C14H23N3/c1-4-11(15)7-14-16-12(9(2)3)8-13(17-14)10-5-6-10/h8-11H,4-7,15H2,1-3H3. The molecule has 17 heavy (non-hydrogen) atoms. The van der Waals surface area contributed by atoms with Crippen molar-refractivity contribution in [2.75, 3.05) is 0 Å². The summed E-state index contributed by atoms with van der Waals surface area (Å²) < 4.78 is 0. The zero-order chi connectivity index (χ0) is 12.4. The van der Waals surface area contributed by atoms with Crippen LogP contribution in [-0.4, -0.2) is 16.0 Å². The van der Waals surface area contributed by atoms with Gasteiger partial charge in [0.15, 0.2) is 0 Å². The van der Waals surface area contributed by atoms with E-state index in [-0.39, 0.29) is 6.04 Å². The Morgan fingerprint density at radius 2 is 2.06 bits per heavy atom. The average molecular weight is 233 g/mol. The summed E-state index contributed by atoms with van der Waals surface area (Å²) in [4.78, 5) is 9.31. The molecular weight excluding hydrogens is 210 g/mol. The summed E-state index contributed by atoms with van der Waals surface area (Å²) in [6.45, 7) is 6.48. The quantitative estimate of drug-likeness (QED) is 0.850. The molecule has 1 aromatic rings. The van der Waals surface area contributed by atoms with Gasteiger partial charge < -0.3 is 5.73 Å². The first-order chi connectivity index (χ1) is 8.10. The minimum atomic E-state index is 0.185. The lowest BCUT2D eigenvalue weighted by Crippen LogP contribution is -2.23. The van der Waals surface area contributed by atoms with E-state index in [0.717, 1.165) is 18.7 Å². The Morgan fingerprint density at radius 3 is 2.59 bits per heavy atom. The molecule has 1 fully saturated rings. The third-order valence-electron chi connectivity index (χ3n) is 3.37. The fourth-order valence-corrected chi connectivity index (χ4v) is 1.89. The molecule has 94 valence electrons. The lowest BCUT2D eigenvalue weighted by atomic mass is 10.1. The molecule has 1 heterocycles. The van der Waals surface area contributed by atoms with Gasteiger partial charge in [-0.25, -0.2) is 9.97 Å². The van der Waals surface area contributed by atoms with E-state index >= 15 is 0 Å². The van der Waals surface area contributed by atoms with Gasteiger partial charge in [0.1, 0.15) is 5.82 Å². The predicted octanol–water partition coefficient (Wildman–Crippen LogP) is 2.76. The van der Waals surface area contributed by atoms with Crippen molar-refractivity contribution in [3.63, 3.8) is 0 Å². The van der Waals surface area contributed by atoms with Crippen LogP contribution in [0.5, 0.6) is 0 Å². The van der Waals surface area contributed by atoms with E-state index in [2.05, 4.69) is 36.8 Å². The minimum Gasteiger partial charge on any atom is -0.327 e. The summed E-state index contributed by atoms with van der Waals surface area (Å²) in [7, 11) is 0. The number of rotatable bonds is 5. The first-order valence-corrected chi connectivity index (χ1v) is 6.73. The Kier molecular flexibility index (Phi) is 3.77. The van der Waals surface area contributed by atoms with E-state index in [1.165, 1.54) is 24.2 Å². The van der Waals surface area contributed by atoms with Crippen LogP contribution in [0.25, 0.3) is 0 Å². The molecule has 0 aliphatic heterocycles. The van der Waals surface area contributed by atoms with Gasteiger partial charge in [0.05, 0.1) is 0 Å². The maximum absolute atomic E-state index is 5.99. The Bertz CT molecular complexity index is 363. The smallest absolute Gasteiger partial charge is 0.130 e. The van der Waals surface area contributed by atoms with Crippen LogP contribution in [-0.2, 0) is 6.42 Å². The molecule has 0 bridgehead atoms. The molecule has 1 saturated carbocycles. The molecule has 1 aliphatic rings. The molecule has 1 aromatic heterocycles. The molecule has 3 heteroatoms. The lowest BCUT2D eigenvalue weighted by Gasteiger charge is -2.12. The van der Waals surface area contributed by atoms with E-state index < -0.39 is 0 Å². The number of nitrogens with two attached hydrogens (primary N) is 1. The van der Waals surface area contributed by atoms with Crippen LogP contribution in [0.4, 0.5) is 0 Å². The van der Waals surface area contributed by atoms with Crippen molar-refractivity contribution in [1.29, 1.82) is 0 Å². The van der Waals surface area contributed by atoms with Gasteiger partial charge in [0.2, 0.25) is 0 Å². The highest BCUT2D eigenvalue weighted by molar-refractivity contribution is 5.21. The summed E-state index contributed by atoms with van der Waals surface area (Å²) in [5.41, 5.74) is 8.40. The summed E-state index contributed by atoms with van der Waals surface area (Å²) >= 11 is 0. The molecule has 1 unspecified atom stereocenters. The fourth-order valence-electron chi connectivity index (χ4n) is 1.89. The summed E-state index contributed by atoms with van der Waals surface area (Å²) in [5.74, 6) is 2.09. The van der Waals surface area contributed by atoms with Crippen molar-refractivity contribution in [2.24, 2.45) is 5.73 Å². The number of nitrogens with zero attached hydrogens (tertiary/aromatic N) is 2. The van der Waals surface area contributed by atoms with Gasteiger partial charge in [-0.3, -0.25) is 0 Å². The van der Waals surface area contributed by atoms with Crippen molar-refractivity contribution in [2.45, 2.75) is 64.3 Å². The highest BCUT2D eigenvalue weighted by Gasteiger charge is 2.26. The second-order valence-electron chi connectivity index (χ2n) is 5.44. The number of hydrogen-bond acceptors (Lipinski definition) is 3. The SMILES string of the molecule is CCC(N)Cc1nc(C(C)C)cc(C2CC2)n1. The Hall–Kier alpha value is -0.960. The van der Waals surface area contributed by atoms with Crippen LogP contribution >= 0.6 is 0 Å². The largest absolute Gasteiger partial charge is 0.327 e. The van der Waals surface area contributed by atoms with Crippen LogP contribution in [0.3, 0.4) is 0 Å². The first-order valence-electron chi connectivity index (χ1n) is 6.73. The van der Waals surface area contributed by atoms with Gasteiger partial charge in [0, 0.05) is 29.8 Å². The van der Waals surface area contributed by atoms with E-state index in [1.807, 2.05) is 0 Å². The van der Waals surface area contributed by atoms with Crippen molar-refractivity contribution in [3.8, 4) is 0 Å². The van der Waals surface area contributed by atoms with E-state index in [1.54, 1.807) is 0 Å². The van der Waals surface area contributed by atoms with Gasteiger partial charge >= 0.3 is 0 Å². The van der Waals surface area contributed by atoms with Crippen LogP contribution in [0.2, 0.25) is 0 Å². The second-order valence-corrected chi connectivity index (χ2v) is 5.44. The zero-order valence-electron chi connectivity index (χ0n) is 11.1. The van der Waals surface area contributed by atoms with Crippen molar-refractivity contribution < 1.29 is 0 Å². The second kappa shape index (κ2) is 5.13. The average Bonchev–Trinajstić information content (AvgIpc) is 3.12. The van der Waals surface area contributed by atoms with Gasteiger partial charge in [0.25, 0.3) is 0 Å². The molecule has 0 amide bonds. The molecule has 1 aliphatic carbocycles. The van der Waals surface area contributed by atoms with Gasteiger partial charge in [-0.1, -0.05) is 20.8 Å². The Balaban J connectivity index is 2.24. The fraction of sp³-hybridized carbons (Fsp3) is 0.714. The molecule has 3 nitrogen and oxygen atoms in total. The van der Waals surface area contributed by atoms with Gasteiger partial charge in [-0.2, -0.15) is 0 Å². The normalized spacial score (nSPS) is 17.5. The zero-order valence-corrected chi connectivity index (χ0v) is 11.1.